The lowest BCUT2D eigenvalue weighted by Crippen LogP contribution is -2.37. The highest BCUT2D eigenvalue weighted by molar-refractivity contribution is 7.89. The minimum absolute atomic E-state index is 0.130. The van der Waals surface area contributed by atoms with Crippen molar-refractivity contribution in [2.45, 2.75) is 38.1 Å². The molecule has 1 aromatic rings. The molecule has 8 heteroatoms. The number of amides is 1. The summed E-state index contributed by atoms with van der Waals surface area (Å²) in [6.45, 7) is 5.96. The maximum absolute atomic E-state index is 13.8. The average Bonchev–Trinajstić information content (AvgIpc) is 2.36. The molecule has 0 spiro atoms. The molecule has 0 saturated carbocycles. The summed E-state index contributed by atoms with van der Waals surface area (Å²) in [6.07, 6.45) is 0.707. The van der Waals surface area contributed by atoms with Gasteiger partial charge in [-0.2, -0.15) is 0 Å². The number of carbonyl (C=O) groups is 1. The van der Waals surface area contributed by atoms with E-state index in [1.165, 1.54) is 4.90 Å². The first-order valence-corrected chi connectivity index (χ1v) is 8.34. The van der Waals surface area contributed by atoms with Crippen LogP contribution in [0.15, 0.2) is 17.0 Å². The number of hydrogen-bond acceptors (Lipinski definition) is 3. The topological polar surface area (TPSA) is 80.5 Å². The highest BCUT2D eigenvalue weighted by Gasteiger charge is 2.24. The summed E-state index contributed by atoms with van der Waals surface area (Å²) in [6, 6.07) is 1.58. The van der Waals surface area contributed by atoms with Crippen LogP contribution >= 0.6 is 11.6 Å². The maximum Gasteiger partial charge on any atom is 0.255 e. The lowest BCUT2D eigenvalue weighted by Gasteiger charge is -2.27. The number of benzene rings is 1. The average molecular weight is 337 g/mol. The summed E-state index contributed by atoms with van der Waals surface area (Å²) in [5.74, 6) is -1.52. The van der Waals surface area contributed by atoms with Crippen molar-refractivity contribution in [3.8, 4) is 0 Å². The third-order valence-electron chi connectivity index (χ3n) is 2.91. The first-order valence-electron chi connectivity index (χ1n) is 6.42. The fourth-order valence-corrected chi connectivity index (χ4v) is 2.61. The molecule has 0 aliphatic rings. The van der Waals surface area contributed by atoms with Gasteiger partial charge in [0.2, 0.25) is 10.0 Å². The molecule has 0 unspecified atom stereocenters. The molecule has 2 N–H and O–H groups in total. The van der Waals surface area contributed by atoms with E-state index in [1.54, 1.807) is 13.8 Å². The molecule has 0 aromatic heterocycles. The van der Waals surface area contributed by atoms with Crippen LogP contribution in [0.5, 0.6) is 0 Å². The van der Waals surface area contributed by atoms with Gasteiger partial charge in [0.25, 0.3) is 5.91 Å². The Balaban J connectivity index is 3.41. The Labute approximate surface area is 128 Å². The zero-order valence-corrected chi connectivity index (χ0v) is 13.6. The maximum atomic E-state index is 13.8. The lowest BCUT2D eigenvalue weighted by atomic mass is 10.1. The van der Waals surface area contributed by atoms with E-state index in [9.17, 15) is 17.6 Å². The molecular formula is C13H18ClFN2O3S. The van der Waals surface area contributed by atoms with E-state index in [0.717, 1.165) is 6.07 Å². The van der Waals surface area contributed by atoms with Gasteiger partial charge in [0.1, 0.15) is 5.82 Å². The van der Waals surface area contributed by atoms with Gasteiger partial charge in [-0.25, -0.2) is 17.9 Å². The second-order valence-corrected chi connectivity index (χ2v) is 6.84. The van der Waals surface area contributed by atoms with Crippen LogP contribution in [0.1, 0.15) is 37.6 Å². The highest BCUT2D eigenvalue weighted by Crippen LogP contribution is 2.26. The van der Waals surface area contributed by atoms with E-state index in [-0.39, 0.29) is 11.6 Å². The van der Waals surface area contributed by atoms with Crippen molar-refractivity contribution < 1.29 is 17.6 Å². The van der Waals surface area contributed by atoms with Crippen molar-refractivity contribution in [2.24, 2.45) is 5.14 Å². The monoisotopic (exact) mass is 336 g/mol. The van der Waals surface area contributed by atoms with E-state index in [2.05, 4.69) is 0 Å². The number of rotatable bonds is 5. The van der Waals surface area contributed by atoms with E-state index in [1.807, 2.05) is 6.92 Å². The Morgan fingerprint density at radius 2 is 2.00 bits per heavy atom. The smallest absolute Gasteiger partial charge is 0.255 e. The Bertz CT molecular complexity index is 647. The predicted octanol–water partition coefficient (Wildman–Crippen LogP) is 2.39. The van der Waals surface area contributed by atoms with Gasteiger partial charge in [-0.15, -0.1) is 0 Å². The van der Waals surface area contributed by atoms with Crippen LogP contribution < -0.4 is 5.14 Å². The SMILES string of the molecule is CCCN(C(=O)c1cc(S(N)(=O)=O)cc(F)c1Cl)C(C)C. The molecule has 21 heavy (non-hydrogen) atoms. The first kappa shape index (κ1) is 17.9. The zero-order chi connectivity index (χ0) is 16.4. The lowest BCUT2D eigenvalue weighted by molar-refractivity contribution is 0.0705. The van der Waals surface area contributed by atoms with Crippen LogP contribution in [-0.4, -0.2) is 31.8 Å². The second-order valence-electron chi connectivity index (χ2n) is 4.90. The zero-order valence-electron chi connectivity index (χ0n) is 12.1. The molecule has 0 fully saturated rings. The quantitative estimate of drug-likeness (QED) is 0.896. The molecule has 1 amide bonds. The van der Waals surface area contributed by atoms with Crippen molar-refractivity contribution in [1.29, 1.82) is 0 Å². The van der Waals surface area contributed by atoms with Gasteiger partial charge < -0.3 is 4.90 Å². The number of nitrogens with two attached hydrogens (primary N) is 1. The van der Waals surface area contributed by atoms with Crippen molar-refractivity contribution in [1.82, 2.24) is 4.90 Å². The Morgan fingerprint density at radius 1 is 1.43 bits per heavy atom. The van der Waals surface area contributed by atoms with Crippen LogP contribution in [0.2, 0.25) is 5.02 Å². The third-order valence-corrected chi connectivity index (χ3v) is 4.19. The standard InChI is InChI=1S/C13H18ClFN2O3S/c1-4-5-17(8(2)3)13(18)10-6-9(21(16,19)20)7-11(15)12(10)14/h6-8H,4-5H2,1-3H3,(H2,16,19,20). The predicted molar refractivity (Wildman–Crippen MR) is 79.2 cm³/mol. The molecule has 5 nitrogen and oxygen atoms in total. The molecule has 118 valence electrons. The number of sulfonamides is 1. The number of nitrogens with zero attached hydrogens (tertiary/aromatic N) is 1. The summed E-state index contributed by atoms with van der Waals surface area (Å²) in [5.41, 5.74) is -0.206. The summed E-state index contributed by atoms with van der Waals surface area (Å²) in [7, 11) is -4.13. The van der Waals surface area contributed by atoms with E-state index >= 15 is 0 Å². The summed E-state index contributed by atoms with van der Waals surface area (Å²) in [5, 5.41) is 4.57. The molecule has 1 rings (SSSR count). The second kappa shape index (κ2) is 6.72. The van der Waals surface area contributed by atoms with Crippen LogP contribution in [0.25, 0.3) is 0 Å². The van der Waals surface area contributed by atoms with Crippen LogP contribution in [0, 0.1) is 5.82 Å². The first-order chi connectivity index (χ1) is 9.59. The van der Waals surface area contributed by atoms with Crippen molar-refractivity contribution in [3.63, 3.8) is 0 Å². The number of halogens is 2. The Morgan fingerprint density at radius 3 is 2.43 bits per heavy atom. The van der Waals surface area contributed by atoms with Gasteiger partial charge in [-0.05, 0) is 32.4 Å². The van der Waals surface area contributed by atoms with Gasteiger partial charge >= 0.3 is 0 Å². The van der Waals surface area contributed by atoms with Gasteiger partial charge in [0.05, 0.1) is 15.5 Å². The number of hydrogen-bond donors (Lipinski definition) is 1. The molecule has 0 aliphatic carbocycles. The molecular weight excluding hydrogens is 319 g/mol. The van der Waals surface area contributed by atoms with E-state index in [4.69, 9.17) is 16.7 Å². The molecule has 1 aromatic carbocycles. The summed E-state index contributed by atoms with van der Waals surface area (Å²) >= 11 is 5.80. The third kappa shape index (κ3) is 4.15. The normalized spacial score (nSPS) is 11.8. The van der Waals surface area contributed by atoms with Crippen molar-refractivity contribution in [2.75, 3.05) is 6.54 Å². The minimum Gasteiger partial charge on any atom is -0.336 e. The van der Waals surface area contributed by atoms with Gasteiger partial charge in [-0.1, -0.05) is 18.5 Å². The molecule has 0 saturated heterocycles. The molecule has 0 atom stereocenters. The van der Waals surface area contributed by atoms with E-state index < -0.39 is 31.7 Å². The van der Waals surface area contributed by atoms with Crippen LogP contribution in [0.4, 0.5) is 4.39 Å². The molecule has 0 radical (unpaired) electrons. The molecule has 0 heterocycles. The largest absolute Gasteiger partial charge is 0.336 e. The fraction of sp³-hybridized carbons (Fsp3) is 0.462. The fourth-order valence-electron chi connectivity index (χ4n) is 1.87. The summed E-state index contributed by atoms with van der Waals surface area (Å²) < 4.78 is 36.4. The van der Waals surface area contributed by atoms with E-state index in [0.29, 0.717) is 19.0 Å². The highest BCUT2D eigenvalue weighted by atomic mass is 35.5. The van der Waals surface area contributed by atoms with Crippen molar-refractivity contribution in [3.05, 3.63) is 28.5 Å². The van der Waals surface area contributed by atoms with Gasteiger partial charge in [-0.3, -0.25) is 4.79 Å². The molecule has 0 aliphatic heterocycles. The molecule has 0 bridgehead atoms. The van der Waals surface area contributed by atoms with Gasteiger partial charge in [0, 0.05) is 12.6 Å². The van der Waals surface area contributed by atoms with Crippen molar-refractivity contribution >= 4 is 27.5 Å². The van der Waals surface area contributed by atoms with Gasteiger partial charge in [0.15, 0.2) is 0 Å². The van der Waals surface area contributed by atoms with Crippen LogP contribution in [-0.2, 0) is 10.0 Å². The Hall–Kier alpha value is -1.18. The number of primary sulfonamides is 1. The minimum atomic E-state index is -4.13. The van der Waals surface area contributed by atoms with Crippen LogP contribution in [0.3, 0.4) is 0 Å². The summed E-state index contributed by atoms with van der Waals surface area (Å²) in [4.78, 5) is 13.5. The Kier molecular flexibility index (Phi) is 5.72. The number of carbonyl (C=O) groups excluding carboxylic acids is 1.